The number of hydrogen-bond donors (Lipinski definition) is 0. The number of unbranched alkanes of at least 4 members (excludes halogenated alkanes) is 1. The number of carbonyl (C=O) groups is 2. The summed E-state index contributed by atoms with van der Waals surface area (Å²) in [4.78, 5) is 29.9. The molecular weight excluding hydrogens is 575 g/mol. The lowest BCUT2D eigenvalue weighted by Gasteiger charge is -2.41. The maximum atomic E-state index is 13.5. The van der Waals surface area contributed by atoms with Gasteiger partial charge in [0.25, 0.3) is 0 Å². The van der Waals surface area contributed by atoms with E-state index in [0.717, 1.165) is 43.4 Å². The maximum absolute atomic E-state index is 13.5. The van der Waals surface area contributed by atoms with Gasteiger partial charge in [-0.2, -0.15) is 13.2 Å². The lowest BCUT2D eigenvalue weighted by molar-refractivity contribution is -0.145. The van der Waals surface area contributed by atoms with Gasteiger partial charge in [-0.25, -0.2) is 0 Å². The second-order valence-electron chi connectivity index (χ2n) is 11.0. The summed E-state index contributed by atoms with van der Waals surface area (Å²) in [6, 6.07) is 14.3. The number of piperazine rings is 1. The van der Waals surface area contributed by atoms with Crippen LogP contribution >= 0.6 is 11.8 Å². The van der Waals surface area contributed by atoms with Gasteiger partial charge in [0.15, 0.2) is 11.0 Å². The minimum Gasteiger partial charge on any atom is -0.339 e. The Labute approximate surface area is 255 Å². The smallest absolute Gasteiger partial charge is 0.339 e. The van der Waals surface area contributed by atoms with E-state index in [1.54, 1.807) is 10.6 Å². The summed E-state index contributed by atoms with van der Waals surface area (Å²) in [5.74, 6) is 1.27. The van der Waals surface area contributed by atoms with Crippen LogP contribution in [0.5, 0.6) is 0 Å². The molecule has 1 aliphatic rings. The normalized spacial score (nSPS) is 16.4. The van der Waals surface area contributed by atoms with Gasteiger partial charge in [0, 0.05) is 49.3 Å². The topological polar surface area (TPSA) is 71.3 Å². The van der Waals surface area contributed by atoms with E-state index in [9.17, 15) is 22.8 Å². The number of aromatic nitrogens is 3. The summed E-state index contributed by atoms with van der Waals surface area (Å²) < 4.78 is 42.1. The molecule has 0 N–H and O–H groups in total. The first kappa shape index (κ1) is 32.6. The van der Waals surface area contributed by atoms with Crippen molar-refractivity contribution in [2.75, 3.05) is 25.4 Å². The molecule has 2 heterocycles. The molecule has 1 fully saturated rings. The van der Waals surface area contributed by atoms with Crippen molar-refractivity contribution >= 4 is 23.6 Å². The maximum Gasteiger partial charge on any atom is 0.416 e. The highest BCUT2D eigenvalue weighted by molar-refractivity contribution is 7.99. The fraction of sp³-hybridized carbons (Fsp3) is 0.500. The van der Waals surface area contributed by atoms with Crippen LogP contribution in [0.25, 0.3) is 17.1 Å². The Morgan fingerprint density at radius 2 is 1.79 bits per heavy atom. The molecule has 43 heavy (non-hydrogen) atoms. The van der Waals surface area contributed by atoms with Gasteiger partial charge in [-0.05, 0) is 44.4 Å². The zero-order valence-corrected chi connectivity index (χ0v) is 25.8. The van der Waals surface area contributed by atoms with Crippen molar-refractivity contribution in [1.82, 2.24) is 24.6 Å². The summed E-state index contributed by atoms with van der Waals surface area (Å²) in [7, 11) is 0. The van der Waals surface area contributed by atoms with Crippen molar-refractivity contribution in [3.05, 3.63) is 60.2 Å². The van der Waals surface area contributed by atoms with Crippen molar-refractivity contribution in [1.29, 1.82) is 0 Å². The summed E-state index contributed by atoms with van der Waals surface area (Å²) >= 11 is 1.36. The zero-order valence-electron chi connectivity index (χ0n) is 25.0. The second kappa shape index (κ2) is 14.9. The molecule has 0 radical (unpaired) electrons. The first-order valence-electron chi connectivity index (χ1n) is 15.0. The zero-order chi connectivity index (χ0) is 31.0. The molecule has 2 unspecified atom stereocenters. The Balaban J connectivity index is 1.37. The van der Waals surface area contributed by atoms with Crippen molar-refractivity contribution in [3.63, 3.8) is 0 Å². The average Bonchev–Trinajstić information content (AvgIpc) is 3.43. The third kappa shape index (κ3) is 8.19. The van der Waals surface area contributed by atoms with Crippen molar-refractivity contribution in [2.45, 2.75) is 76.7 Å². The predicted molar refractivity (Wildman–Crippen MR) is 163 cm³/mol. The molecule has 7 nitrogen and oxygen atoms in total. The van der Waals surface area contributed by atoms with Gasteiger partial charge < -0.3 is 9.80 Å². The van der Waals surface area contributed by atoms with Crippen LogP contribution in [-0.2, 0) is 15.8 Å². The highest BCUT2D eigenvalue weighted by Gasteiger charge is 2.33. The summed E-state index contributed by atoms with van der Waals surface area (Å²) in [5, 5.41) is 9.07. The standard InChI is InChI=1S/C32H40F3N5O2S/c1-4-6-12-24(5-2)30(42)39-19-18-38(22-23(39)3)28(41)17-11-20-43-31-37-36-29(25-13-8-7-9-14-25)40(31)27-16-10-15-26(21-27)32(33,34)35/h7-10,13-16,21,23-24H,4-6,11-12,17-20,22H2,1-3H3. The van der Waals surface area contributed by atoms with E-state index >= 15 is 0 Å². The third-order valence-corrected chi connectivity index (χ3v) is 8.89. The molecule has 0 aliphatic carbocycles. The molecule has 0 spiro atoms. The number of alkyl halides is 3. The van der Waals surface area contributed by atoms with Gasteiger partial charge >= 0.3 is 6.18 Å². The van der Waals surface area contributed by atoms with E-state index in [-0.39, 0.29) is 23.8 Å². The highest BCUT2D eigenvalue weighted by Crippen LogP contribution is 2.33. The van der Waals surface area contributed by atoms with Crippen LogP contribution in [0, 0.1) is 5.92 Å². The minimum atomic E-state index is -4.48. The predicted octanol–water partition coefficient (Wildman–Crippen LogP) is 7.10. The molecule has 2 amide bonds. The van der Waals surface area contributed by atoms with Crippen LogP contribution < -0.4 is 0 Å². The minimum absolute atomic E-state index is 0.0299. The second-order valence-corrected chi connectivity index (χ2v) is 12.0. The van der Waals surface area contributed by atoms with Crippen LogP contribution in [0.15, 0.2) is 59.8 Å². The molecule has 1 aliphatic heterocycles. The number of hydrogen-bond acceptors (Lipinski definition) is 5. The number of nitrogens with zero attached hydrogens (tertiary/aromatic N) is 5. The molecule has 232 valence electrons. The fourth-order valence-corrected chi connectivity index (χ4v) is 6.33. The molecule has 3 aromatic rings. The van der Waals surface area contributed by atoms with Gasteiger partial charge in [-0.1, -0.05) is 74.8 Å². The van der Waals surface area contributed by atoms with Crippen LogP contribution in [0.4, 0.5) is 13.2 Å². The Kier molecular flexibility index (Phi) is 11.3. The number of carbonyl (C=O) groups excluding carboxylic acids is 2. The van der Waals surface area contributed by atoms with E-state index in [2.05, 4.69) is 24.0 Å². The monoisotopic (exact) mass is 615 g/mol. The Hall–Kier alpha value is -3.34. The molecule has 1 saturated heterocycles. The largest absolute Gasteiger partial charge is 0.416 e. The molecular formula is C32H40F3N5O2S. The van der Waals surface area contributed by atoms with Gasteiger partial charge in [0.1, 0.15) is 0 Å². The van der Waals surface area contributed by atoms with E-state index in [1.807, 2.05) is 47.1 Å². The number of thioether (sulfide) groups is 1. The number of benzene rings is 2. The Morgan fingerprint density at radius 1 is 1.02 bits per heavy atom. The van der Waals surface area contributed by atoms with E-state index in [4.69, 9.17) is 0 Å². The van der Waals surface area contributed by atoms with Crippen molar-refractivity contribution < 1.29 is 22.8 Å². The van der Waals surface area contributed by atoms with Crippen LogP contribution in [0.1, 0.15) is 64.9 Å². The molecule has 2 aromatic carbocycles. The lowest BCUT2D eigenvalue weighted by Crippen LogP contribution is -2.56. The van der Waals surface area contributed by atoms with E-state index in [0.29, 0.717) is 54.9 Å². The summed E-state index contributed by atoms with van der Waals surface area (Å²) in [5.41, 5.74) is 0.303. The molecule has 0 bridgehead atoms. The number of amides is 2. The summed E-state index contributed by atoms with van der Waals surface area (Å²) in [6.07, 6.45) is 0.276. The Morgan fingerprint density at radius 3 is 2.47 bits per heavy atom. The molecule has 1 aromatic heterocycles. The molecule has 11 heteroatoms. The SMILES string of the molecule is CCCCC(CC)C(=O)N1CCN(C(=O)CCCSc2nnc(-c3ccccc3)n2-c2cccc(C(F)(F)F)c2)CC1C. The van der Waals surface area contributed by atoms with Gasteiger partial charge in [0.2, 0.25) is 11.8 Å². The molecule has 4 rings (SSSR count). The number of rotatable bonds is 12. The first-order chi connectivity index (χ1) is 20.6. The quantitative estimate of drug-likeness (QED) is 0.161. The van der Waals surface area contributed by atoms with Crippen LogP contribution in [-0.4, -0.2) is 67.8 Å². The van der Waals surface area contributed by atoms with Gasteiger partial charge in [0.05, 0.1) is 11.3 Å². The van der Waals surface area contributed by atoms with Gasteiger partial charge in [-0.3, -0.25) is 14.2 Å². The van der Waals surface area contributed by atoms with Crippen LogP contribution in [0.2, 0.25) is 0 Å². The van der Waals surface area contributed by atoms with E-state index < -0.39 is 11.7 Å². The third-order valence-electron chi connectivity index (χ3n) is 7.87. The Bertz CT molecular complexity index is 1360. The average molecular weight is 616 g/mol. The fourth-order valence-electron chi connectivity index (χ4n) is 5.44. The number of halogens is 3. The van der Waals surface area contributed by atoms with E-state index in [1.165, 1.54) is 17.8 Å². The molecule has 2 atom stereocenters. The van der Waals surface area contributed by atoms with Crippen molar-refractivity contribution in [2.24, 2.45) is 5.92 Å². The summed E-state index contributed by atoms with van der Waals surface area (Å²) in [6.45, 7) is 7.79. The van der Waals surface area contributed by atoms with Crippen molar-refractivity contribution in [3.8, 4) is 17.1 Å². The van der Waals surface area contributed by atoms with Crippen LogP contribution in [0.3, 0.4) is 0 Å². The highest BCUT2D eigenvalue weighted by atomic mass is 32.2. The molecule has 0 saturated carbocycles. The first-order valence-corrected chi connectivity index (χ1v) is 16.0. The van der Waals surface area contributed by atoms with Gasteiger partial charge in [-0.15, -0.1) is 10.2 Å². The lowest BCUT2D eigenvalue weighted by atomic mass is 9.96.